The van der Waals surface area contributed by atoms with Crippen LogP contribution in [0.5, 0.6) is 0 Å². The third-order valence-corrected chi connectivity index (χ3v) is 3.27. The topological polar surface area (TPSA) is 43.8 Å². The van der Waals surface area contributed by atoms with Crippen LogP contribution in [0, 0.1) is 5.92 Å². The van der Waals surface area contributed by atoms with Gasteiger partial charge in [-0.05, 0) is 13.8 Å². The van der Waals surface area contributed by atoms with E-state index in [1.807, 2.05) is 13.8 Å². The summed E-state index contributed by atoms with van der Waals surface area (Å²) in [5, 5.41) is 8.62. The van der Waals surface area contributed by atoms with E-state index < -0.39 is 24.6 Å². The number of aliphatic carboxylic acids is 1. The molecular weight excluding hydrogens is 249 g/mol. The van der Waals surface area contributed by atoms with Gasteiger partial charge in [-0.25, -0.2) is 0 Å². The third-order valence-electron chi connectivity index (χ3n) is 3.27. The molecule has 1 saturated heterocycles. The van der Waals surface area contributed by atoms with Crippen LogP contribution < -0.4 is 0 Å². The largest absolute Gasteiger partial charge is 0.481 e. The van der Waals surface area contributed by atoms with Crippen molar-refractivity contribution in [3.8, 4) is 0 Å². The van der Waals surface area contributed by atoms with Crippen LogP contribution in [0.1, 0.15) is 13.8 Å². The highest BCUT2D eigenvalue weighted by Crippen LogP contribution is 2.27. The number of hydrogen-bond donors (Lipinski definition) is 1. The Balaban J connectivity index is 2.51. The summed E-state index contributed by atoms with van der Waals surface area (Å²) in [5.74, 6) is -4.09. The fourth-order valence-corrected chi connectivity index (χ4v) is 2.04. The fourth-order valence-electron chi connectivity index (χ4n) is 2.04. The summed E-state index contributed by atoms with van der Waals surface area (Å²) in [7, 11) is 0. The highest BCUT2D eigenvalue weighted by atomic mass is 19.4. The first kappa shape index (κ1) is 15.2. The Hall–Kier alpha value is -0.820. The van der Waals surface area contributed by atoms with E-state index in [4.69, 9.17) is 5.11 Å². The van der Waals surface area contributed by atoms with Crippen molar-refractivity contribution < 1.29 is 23.1 Å². The zero-order valence-corrected chi connectivity index (χ0v) is 10.6. The molecule has 4 nitrogen and oxygen atoms in total. The fraction of sp³-hybridized carbons (Fsp3) is 0.909. The maximum atomic E-state index is 12.5. The molecule has 0 aliphatic carbocycles. The van der Waals surface area contributed by atoms with Gasteiger partial charge >= 0.3 is 12.1 Å². The van der Waals surface area contributed by atoms with Gasteiger partial charge in [0.15, 0.2) is 5.92 Å². The molecule has 1 aliphatic rings. The molecule has 18 heavy (non-hydrogen) atoms. The van der Waals surface area contributed by atoms with Gasteiger partial charge in [0.1, 0.15) is 0 Å². The summed E-state index contributed by atoms with van der Waals surface area (Å²) in [6.07, 6.45) is -4.68. The average molecular weight is 268 g/mol. The maximum Gasteiger partial charge on any atom is 0.403 e. The van der Waals surface area contributed by atoms with Gasteiger partial charge in [-0.3, -0.25) is 14.6 Å². The van der Waals surface area contributed by atoms with Crippen molar-refractivity contribution in [1.29, 1.82) is 0 Å². The summed E-state index contributed by atoms with van der Waals surface area (Å²) in [5.41, 5.74) is 0. The van der Waals surface area contributed by atoms with E-state index in [0.29, 0.717) is 32.2 Å². The Morgan fingerprint density at radius 2 is 1.72 bits per heavy atom. The molecule has 1 heterocycles. The Labute approximate surface area is 104 Å². The smallest absolute Gasteiger partial charge is 0.403 e. The van der Waals surface area contributed by atoms with Crippen LogP contribution in [-0.4, -0.2) is 65.8 Å². The minimum absolute atomic E-state index is 0.366. The maximum absolute atomic E-state index is 12.5. The summed E-state index contributed by atoms with van der Waals surface area (Å²) in [6, 6.07) is 0.366. The molecule has 1 unspecified atom stereocenters. The lowest BCUT2D eigenvalue weighted by Gasteiger charge is -2.37. The summed E-state index contributed by atoms with van der Waals surface area (Å²) >= 11 is 0. The van der Waals surface area contributed by atoms with Crippen molar-refractivity contribution >= 4 is 5.97 Å². The van der Waals surface area contributed by atoms with Crippen LogP contribution in [0.4, 0.5) is 13.2 Å². The molecule has 0 amide bonds. The molecular formula is C11H19F3N2O2. The number of nitrogens with zero attached hydrogens (tertiary/aromatic N) is 2. The number of carboxylic acid groups (broad SMARTS) is 1. The second-order valence-corrected chi connectivity index (χ2v) is 4.86. The van der Waals surface area contributed by atoms with Crippen molar-refractivity contribution in [2.24, 2.45) is 5.92 Å². The number of piperazine rings is 1. The number of carbonyl (C=O) groups is 1. The van der Waals surface area contributed by atoms with Gasteiger partial charge in [-0.1, -0.05) is 0 Å². The van der Waals surface area contributed by atoms with E-state index >= 15 is 0 Å². The molecule has 0 aromatic rings. The first-order valence-electron chi connectivity index (χ1n) is 5.97. The van der Waals surface area contributed by atoms with Gasteiger partial charge in [0, 0.05) is 38.8 Å². The Bertz CT molecular complexity index is 287. The Kier molecular flexibility index (Phi) is 4.98. The molecule has 7 heteroatoms. The SMILES string of the molecule is CC(C)N1CCN(CC(C(=O)O)C(F)(F)F)CC1. The van der Waals surface area contributed by atoms with Crippen LogP contribution in [0.3, 0.4) is 0 Å². The average Bonchev–Trinajstić information content (AvgIpc) is 2.24. The standard InChI is InChI=1S/C11H19F3N2O2/c1-8(2)16-5-3-15(4-6-16)7-9(10(17)18)11(12,13)14/h8-9H,3-7H2,1-2H3,(H,17,18). The zero-order valence-electron chi connectivity index (χ0n) is 10.6. The van der Waals surface area contributed by atoms with Gasteiger partial charge in [-0.2, -0.15) is 13.2 Å². The number of halogens is 3. The minimum atomic E-state index is -4.68. The lowest BCUT2D eigenvalue weighted by molar-refractivity contribution is -0.197. The zero-order chi connectivity index (χ0) is 13.9. The quantitative estimate of drug-likeness (QED) is 0.834. The monoisotopic (exact) mass is 268 g/mol. The second-order valence-electron chi connectivity index (χ2n) is 4.86. The van der Waals surface area contributed by atoms with Gasteiger partial charge in [0.25, 0.3) is 0 Å². The lowest BCUT2D eigenvalue weighted by Crippen LogP contribution is -2.52. The van der Waals surface area contributed by atoms with Crippen molar-refractivity contribution in [3.63, 3.8) is 0 Å². The van der Waals surface area contributed by atoms with Crippen LogP contribution >= 0.6 is 0 Å². The van der Waals surface area contributed by atoms with E-state index in [9.17, 15) is 18.0 Å². The minimum Gasteiger partial charge on any atom is -0.481 e. The van der Waals surface area contributed by atoms with Crippen molar-refractivity contribution in [3.05, 3.63) is 0 Å². The number of alkyl halides is 3. The number of rotatable bonds is 4. The van der Waals surface area contributed by atoms with Gasteiger partial charge in [0.2, 0.25) is 0 Å². The van der Waals surface area contributed by atoms with E-state index in [1.54, 1.807) is 4.90 Å². The van der Waals surface area contributed by atoms with E-state index in [2.05, 4.69) is 4.90 Å². The van der Waals surface area contributed by atoms with Crippen molar-refractivity contribution in [2.45, 2.75) is 26.1 Å². The molecule has 0 aromatic heterocycles. The van der Waals surface area contributed by atoms with Gasteiger partial charge in [-0.15, -0.1) is 0 Å². The molecule has 1 aliphatic heterocycles. The molecule has 1 atom stereocenters. The molecule has 106 valence electrons. The van der Waals surface area contributed by atoms with E-state index in [-0.39, 0.29) is 0 Å². The third kappa shape index (κ3) is 4.13. The van der Waals surface area contributed by atoms with Crippen LogP contribution in [0.2, 0.25) is 0 Å². The summed E-state index contributed by atoms with van der Waals surface area (Å²) in [6.45, 7) is 5.95. The first-order valence-corrected chi connectivity index (χ1v) is 5.97. The van der Waals surface area contributed by atoms with Crippen LogP contribution in [0.15, 0.2) is 0 Å². The molecule has 0 saturated carbocycles. The number of carboxylic acids is 1. The molecule has 0 bridgehead atoms. The van der Waals surface area contributed by atoms with E-state index in [0.717, 1.165) is 0 Å². The predicted molar refractivity (Wildman–Crippen MR) is 60.3 cm³/mol. The van der Waals surface area contributed by atoms with Crippen LogP contribution in [0.25, 0.3) is 0 Å². The van der Waals surface area contributed by atoms with Crippen molar-refractivity contribution in [2.75, 3.05) is 32.7 Å². The molecule has 1 fully saturated rings. The molecule has 0 radical (unpaired) electrons. The first-order chi connectivity index (χ1) is 8.21. The van der Waals surface area contributed by atoms with Gasteiger partial charge < -0.3 is 5.11 Å². The second kappa shape index (κ2) is 5.88. The van der Waals surface area contributed by atoms with Crippen molar-refractivity contribution in [1.82, 2.24) is 9.80 Å². The Morgan fingerprint density at radius 1 is 1.22 bits per heavy atom. The number of hydrogen-bond acceptors (Lipinski definition) is 3. The normalized spacial score (nSPS) is 21.2. The predicted octanol–water partition coefficient (Wildman–Crippen LogP) is 1.28. The van der Waals surface area contributed by atoms with E-state index in [1.165, 1.54) is 0 Å². The molecule has 0 spiro atoms. The highest BCUT2D eigenvalue weighted by Gasteiger charge is 2.46. The highest BCUT2D eigenvalue weighted by molar-refractivity contribution is 5.71. The summed E-state index contributed by atoms with van der Waals surface area (Å²) < 4.78 is 37.5. The molecule has 0 aromatic carbocycles. The Morgan fingerprint density at radius 3 is 2.06 bits per heavy atom. The van der Waals surface area contributed by atoms with Crippen LogP contribution in [-0.2, 0) is 4.79 Å². The van der Waals surface area contributed by atoms with Gasteiger partial charge in [0.05, 0.1) is 0 Å². The summed E-state index contributed by atoms with van der Waals surface area (Å²) in [4.78, 5) is 14.4. The lowest BCUT2D eigenvalue weighted by atomic mass is 10.1. The molecule has 1 N–H and O–H groups in total. The molecule has 1 rings (SSSR count).